The molecule has 112 valence electrons. The van der Waals surface area contributed by atoms with Gasteiger partial charge in [-0.05, 0) is 42.7 Å². The van der Waals surface area contributed by atoms with E-state index in [0.717, 1.165) is 12.3 Å². The minimum atomic E-state index is 0.524. The van der Waals surface area contributed by atoms with E-state index in [9.17, 15) is 0 Å². The first-order valence-electron chi connectivity index (χ1n) is 7.56. The molecule has 21 heavy (non-hydrogen) atoms. The van der Waals surface area contributed by atoms with Crippen LogP contribution >= 0.6 is 11.8 Å². The number of nitrogens with one attached hydrogen (secondary N) is 1. The first kappa shape index (κ1) is 16.1. The van der Waals surface area contributed by atoms with E-state index in [1.54, 1.807) is 0 Å². The van der Waals surface area contributed by atoms with Gasteiger partial charge in [-0.15, -0.1) is 11.8 Å². The van der Waals surface area contributed by atoms with Gasteiger partial charge in [-0.2, -0.15) is 0 Å². The van der Waals surface area contributed by atoms with Gasteiger partial charge in [0.1, 0.15) is 0 Å². The molecule has 0 saturated heterocycles. The molecule has 0 atom stereocenters. The Morgan fingerprint density at radius 1 is 1.05 bits per heavy atom. The molecule has 1 N–H and O–H groups in total. The normalized spacial score (nSPS) is 11.1. The lowest BCUT2D eigenvalue weighted by molar-refractivity contribution is 0.588. The van der Waals surface area contributed by atoms with Crippen LogP contribution in [-0.4, -0.2) is 6.04 Å². The average Bonchev–Trinajstić information content (AvgIpc) is 2.46. The SMILES string of the molecule is Cc1ccc(C)c(CSc2cccc(CNC(C)C)c2)c1. The first-order valence-corrected chi connectivity index (χ1v) is 8.54. The number of aryl methyl sites for hydroxylation is 2. The van der Waals surface area contributed by atoms with Gasteiger partial charge in [0.25, 0.3) is 0 Å². The van der Waals surface area contributed by atoms with Crippen LogP contribution in [0.15, 0.2) is 47.4 Å². The van der Waals surface area contributed by atoms with E-state index >= 15 is 0 Å². The van der Waals surface area contributed by atoms with E-state index in [4.69, 9.17) is 0 Å². The highest BCUT2D eigenvalue weighted by Gasteiger charge is 2.02. The van der Waals surface area contributed by atoms with Crippen molar-refractivity contribution in [2.75, 3.05) is 0 Å². The van der Waals surface area contributed by atoms with Crippen molar-refractivity contribution >= 4 is 11.8 Å². The fourth-order valence-corrected chi connectivity index (χ4v) is 3.23. The van der Waals surface area contributed by atoms with Crippen molar-refractivity contribution < 1.29 is 0 Å². The van der Waals surface area contributed by atoms with E-state index in [2.05, 4.69) is 75.5 Å². The average molecular weight is 299 g/mol. The number of hydrogen-bond acceptors (Lipinski definition) is 2. The molecule has 1 nitrogen and oxygen atoms in total. The zero-order valence-corrected chi connectivity index (χ0v) is 14.3. The molecule has 0 aliphatic heterocycles. The van der Waals surface area contributed by atoms with E-state index in [-0.39, 0.29) is 0 Å². The Balaban J connectivity index is 1.99. The highest BCUT2D eigenvalue weighted by molar-refractivity contribution is 7.98. The third kappa shape index (κ3) is 5.22. The standard InChI is InChI=1S/C19H25NS/c1-14(2)20-12-17-6-5-7-19(11-17)21-13-18-10-15(3)8-9-16(18)4/h5-11,14,20H,12-13H2,1-4H3. The Morgan fingerprint density at radius 2 is 1.86 bits per heavy atom. The molecule has 2 aromatic carbocycles. The largest absolute Gasteiger partial charge is 0.310 e. The van der Waals surface area contributed by atoms with Crippen LogP contribution in [0.4, 0.5) is 0 Å². The third-order valence-corrected chi connectivity index (χ3v) is 4.55. The molecular formula is C19H25NS. The maximum atomic E-state index is 3.47. The molecule has 0 saturated carbocycles. The highest BCUT2D eigenvalue weighted by Crippen LogP contribution is 2.25. The van der Waals surface area contributed by atoms with Gasteiger partial charge in [-0.25, -0.2) is 0 Å². The fourth-order valence-electron chi connectivity index (χ4n) is 2.18. The van der Waals surface area contributed by atoms with Crippen LogP contribution < -0.4 is 5.32 Å². The van der Waals surface area contributed by atoms with Crippen LogP contribution in [-0.2, 0) is 12.3 Å². The third-order valence-electron chi connectivity index (χ3n) is 3.51. The number of benzene rings is 2. The van der Waals surface area contributed by atoms with Crippen molar-refractivity contribution in [3.05, 3.63) is 64.7 Å². The summed E-state index contributed by atoms with van der Waals surface area (Å²) < 4.78 is 0. The van der Waals surface area contributed by atoms with Gasteiger partial charge in [-0.1, -0.05) is 49.7 Å². The summed E-state index contributed by atoms with van der Waals surface area (Å²) in [6.45, 7) is 9.65. The van der Waals surface area contributed by atoms with Crippen LogP contribution in [0.2, 0.25) is 0 Å². The lowest BCUT2D eigenvalue weighted by Crippen LogP contribution is -2.21. The molecule has 2 heteroatoms. The van der Waals surface area contributed by atoms with Crippen LogP contribution in [0.5, 0.6) is 0 Å². The maximum absolute atomic E-state index is 3.47. The lowest BCUT2D eigenvalue weighted by atomic mass is 10.1. The molecule has 2 rings (SSSR count). The second kappa shape index (κ2) is 7.67. The summed E-state index contributed by atoms with van der Waals surface area (Å²) in [5.74, 6) is 1.04. The lowest BCUT2D eigenvalue weighted by Gasteiger charge is -2.10. The molecule has 2 aromatic rings. The molecule has 0 aliphatic carbocycles. The van der Waals surface area contributed by atoms with Gasteiger partial charge in [0.2, 0.25) is 0 Å². The second-order valence-electron chi connectivity index (χ2n) is 5.90. The molecule has 0 unspecified atom stereocenters. The van der Waals surface area contributed by atoms with Crippen molar-refractivity contribution in [3.8, 4) is 0 Å². The second-order valence-corrected chi connectivity index (χ2v) is 6.95. The summed E-state index contributed by atoms with van der Waals surface area (Å²) in [7, 11) is 0. The summed E-state index contributed by atoms with van der Waals surface area (Å²) >= 11 is 1.92. The van der Waals surface area contributed by atoms with Crippen LogP contribution in [0, 0.1) is 13.8 Å². The van der Waals surface area contributed by atoms with E-state index < -0.39 is 0 Å². The minimum Gasteiger partial charge on any atom is -0.310 e. The van der Waals surface area contributed by atoms with E-state index in [1.165, 1.54) is 27.1 Å². The van der Waals surface area contributed by atoms with Gasteiger partial charge in [0.15, 0.2) is 0 Å². The summed E-state index contributed by atoms with van der Waals surface area (Å²) in [5.41, 5.74) is 5.51. The van der Waals surface area contributed by atoms with Gasteiger partial charge in [0, 0.05) is 23.2 Å². The summed E-state index contributed by atoms with van der Waals surface area (Å²) in [5, 5.41) is 3.47. The molecule has 0 spiro atoms. The van der Waals surface area contributed by atoms with Gasteiger partial charge in [0.05, 0.1) is 0 Å². The van der Waals surface area contributed by atoms with E-state index in [1.807, 2.05) is 11.8 Å². The van der Waals surface area contributed by atoms with Gasteiger partial charge >= 0.3 is 0 Å². The van der Waals surface area contributed by atoms with Gasteiger partial charge < -0.3 is 5.32 Å². The fraction of sp³-hybridized carbons (Fsp3) is 0.368. The zero-order chi connectivity index (χ0) is 15.2. The quantitative estimate of drug-likeness (QED) is 0.745. The van der Waals surface area contributed by atoms with Crippen molar-refractivity contribution in [3.63, 3.8) is 0 Å². The topological polar surface area (TPSA) is 12.0 Å². The zero-order valence-electron chi connectivity index (χ0n) is 13.4. The molecule has 0 bridgehead atoms. The molecule has 0 radical (unpaired) electrons. The monoisotopic (exact) mass is 299 g/mol. The molecule has 0 aliphatic rings. The number of rotatable bonds is 6. The van der Waals surface area contributed by atoms with Crippen molar-refractivity contribution in [2.45, 2.75) is 50.9 Å². The summed E-state index contributed by atoms with van der Waals surface area (Å²) in [4.78, 5) is 1.35. The molecular weight excluding hydrogens is 274 g/mol. The van der Waals surface area contributed by atoms with Crippen molar-refractivity contribution in [2.24, 2.45) is 0 Å². The van der Waals surface area contributed by atoms with Crippen LogP contribution in [0.1, 0.15) is 36.1 Å². The van der Waals surface area contributed by atoms with E-state index in [0.29, 0.717) is 6.04 Å². The molecule has 0 heterocycles. The maximum Gasteiger partial charge on any atom is 0.0234 e. The predicted molar refractivity (Wildman–Crippen MR) is 93.9 cm³/mol. The van der Waals surface area contributed by atoms with Crippen LogP contribution in [0.3, 0.4) is 0 Å². The molecule has 0 amide bonds. The Morgan fingerprint density at radius 3 is 2.62 bits per heavy atom. The Labute approximate surface area is 133 Å². The van der Waals surface area contributed by atoms with Crippen molar-refractivity contribution in [1.29, 1.82) is 0 Å². The molecule has 0 aromatic heterocycles. The highest BCUT2D eigenvalue weighted by atomic mass is 32.2. The Bertz CT molecular complexity index is 590. The first-order chi connectivity index (χ1) is 10.0. The number of hydrogen-bond donors (Lipinski definition) is 1. The minimum absolute atomic E-state index is 0.524. The predicted octanol–water partition coefficient (Wildman–Crippen LogP) is 5.09. The smallest absolute Gasteiger partial charge is 0.0234 e. The Hall–Kier alpha value is -1.25. The molecule has 0 fully saturated rings. The number of thioether (sulfide) groups is 1. The Kier molecular flexibility index (Phi) is 5.89. The summed E-state index contributed by atoms with van der Waals surface area (Å²) in [6, 6.07) is 16.1. The van der Waals surface area contributed by atoms with Crippen molar-refractivity contribution in [1.82, 2.24) is 5.32 Å². The summed E-state index contributed by atoms with van der Waals surface area (Å²) in [6.07, 6.45) is 0. The van der Waals surface area contributed by atoms with Gasteiger partial charge in [-0.3, -0.25) is 0 Å². The van der Waals surface area contributed by atoms with Crippen LogP contribution in [0.25, 0.3) is 0 Å².